The largest absolute Gasteiger partial charge is 0.356 e. The summed E-state index contributed by atoms with van der Waals surface area (Å²) in [5.74, 6) is 1.17. The molecule has 0 fully saturated rings. The molecule has 1 N–H and O–H groups in total. The normalized spacial score (nSPS) is 10.9. The standard InChI is InChI=1S/C13H15BrClN3O/c1-2-16-13(19)5-6-18-11-4-3-9(14)7-10(11)17-12(18)8-15/h3-4,7H,2,5-6,8H2,1H3,(H,16,19). The van der Waals surface area contributed by atoms with E-state index >= 15 is 0 Å². The Hall–Kier alpha value is -1.07. The first-order chi connectivity index (χ1) is 9.15. The van der Waals surface area contributed by atoms with Crippen molar-refractivity contribution >= 4 is 44.5 Å². The van der Waals surface area contributed by atoms with Crippen LogP contribution in [0.1, 0.15) is 19.2 Å². The molecule has 0 aliphatic carbocycles. The minimum absolute atomic E-state index is 0.0435. The van der Waals surface area contributed by atoms with Crippen LogP contribution >= 0.6 is 27.5 Å². The van der Waals surface area contributed by atoms with Gasteiger partial charge < -0.3 is 9.88 Å². The maximum atomic E-state index is 11.5. The molecule has 4 nitrogen and oxygen atoms in total. The molecule has 1 heterocycles. The highest BCUT2D eigenvalue weighted by Crippen LogP contribution is 2.22. The third-order valence-electron chi connectivity index (χ3n) is 2.85. The van der Waals surface area contributed by atoms with Crippen LogP contribution in [0.15, 0.2) is 22.7 Å². The van der Waals surface area contributed by atoms with Gasteiger partial charge in [-0.2, -0.15) is 0 Å². The first kappa shape index (κ1) is 14.3. The number of benzene rings is 1. The number of aromatic nitrogens is 2. The van der Waals surface area contributed by atoms with E-state index in [4.69, 9.17) is 11.6 Å². The molecule has 1 amide bonds. The van der Waals surface area contributed by atoms with Crippen LogP contribution in [0.25, 0.3) is 11.0 Å². The zero-order chi connectivity index (χ0) is 13.8. The van der Waals surface area contributed by atoms with Gasteiger partial charge in [0.05, 0.1) is 16.9 Å². The minimum atomic E-state index is 0.0435. The van der Waals surface area contributed by atoms with Gasteiger partial charge in [0, 0.05) is 24.0 Å². The summed E-state index contributed by atoms with van der Waals surface area (Å²) in [5.41, 5.74) is 1.89. The maximum Gasteiger partial charge on any atom is 0.221 e. The van der Waals surface area contributed by atoms with Crippen LogP contribution in [0.2, 0.25) is 0 Å². The molecule has 102 valence electrons. The van der Waals surface area contributed by atoms with Gasteiger partial charge in [0.2, 0.25) is 5.91 Å². The first-order valence-corrected chi connectivity index (χ1v) is 7.45. The Morgan fingerprint density at radius 1 is 1.53 bits per heavy atom. The van der Waals surface area contributed by atoms with Crippen molar-refractivity contribution in [1.82, 2.24) is 14.9 Å². The second-order valence-corrected chi connectivity index (χ2v) is 5.33. The summed E-state index contributed by atoms with van der Waals surface area (Å²) in [7, 11) is 0. The monoisotopic (exact) mass is 343 g/mol. The lowest BCUT2D eigenvalue weighted by Crippen LogP contribution is -2.24. The smallest absolute Gasteiger partial charge is 0.221 e. The summed E-state index contributed by atoms with van der Waals surface area (Å²) in [6.45, 7) is 3.15. The second-order valence-electron chi connectivity index (χ2n) is 4.15. The SMILES string of the molecule is CCNC(=O)CCn1c(CCl)nc2cc(Br)ccc21. The second kappa shape index (κ2) is 6.39. The van der Waals surface area contributed by atoms with Crippen molar-refractivity contribution in [2.24, 2.45) is 0 Å². The Labute approximate surface area is 125 Å². The van der Waals surface area contributed by atoms with E-state index in [1.165, 1.54) is 0 Å². The van der Waals surface area contributed by atoms with Crippen LogP contribution in [0.3, 0.4) is 0 Å². The fraction of sp³-hybridized carbons (Fsp3) is 0.385. The molecule has 0 radical (unpaired) electrons. The first-order valence-electron chi connectivity index (χ1n) is 6.13. The van der Waals surface area contributed by atoms with Gasteiger partial charge in [-0.05, 0) is 25.1 Å². The van der Waals surface area contributed by atoms with E-state index in [2.05, 4.69) is 26.2 Å². The summed E-state index contributed by atoms with van der Waals surface area (Å²) < 4.78 is 2.98. The molecule has 2 rings (SSSR count). The highest BCUT2D eigenvalue weighted by atomic mass is 79.9. The predicted molar refractivity (Wildman–Crippen MR) is 80.3 cm³/mol. The van der Waals surface area contributed by atoms with Gasteiger partial charge in [-0.15, -0.1) is 11.6 Å². The maximum absolute atomic E-state index is 11.5. The number of alkyl halides is 1. The summed E-state index contributed by atoms with van der Waals surface area (Å²) in [4.78, 5) is 16.0. The summed E-state index contributed by atoms with van der Waals surface area (Å²) in [6.07, 6.45) is 0.430. The number of fused-ring (bicyclic) bond motifs is 1. The van der Waals surface area contributed by atoms with E-state index in [0.717, 1.165) is 21.3 Å². The minimum Gasteiger partial charge on any atom is -0.356 e. The van der Waals surface area contributed by atoms with Crippen molar-refractivity contribution in [2.75, 3.05) is 6.54 Å². The molecular weight excluding hydrogens is 330 g/mol. The number of nitrogens with one attached hydrogen (secondary N) is 1. The number of carbonyl (C=O) groups is 1. The number of nitrogens with zero attached hydrogens (tertiary/aromatic N) is 2. The number of hydrogen-bond acceptors (Lipinski definition) is 2. The lowest BCUT2D eigenvalue weighted by atomic mass is 10.3. The van der Waals surface area contributed by atoms with Gasteiger partial charge in [-0.25, -0.2) is 4.98 Å². The summed E-state index contributed by atoms with van der Waals surface area (Å²) in [6, 6.07) is 5.90. The lowest BCUT2D eigenvalue weighted by molar-refractivity contribution is -0.121. The van der Waals surface area contributed by atoms with E-state index in [1.807, 2.05) is 29.7 Å². The molecule has 2 aromatic rings. The lowest BCUT2D eigenvalue weighted by Gasteiger charge is -2.07. The number of hydrogen-bond donors (Lipinski definition) is 1. The average Bonchev–Trinajstić information content (AvgIpc) is 2.73. The molecule has 0 atom stereocenters. The highest BCUT2D eigenvalue weighted by molar-refractivity contribution is 9.10. The zero-order valence-electron chi connectivity index (χ0n) is 10.6. The predicted octanol–water partition coefficient (Wildman–Crippen LogP) is 3.06. The van der Waals surface area contributed by atoms with Crippen LogP contribution in [-0.2, 0) is 17.2 Å². The molecule has 0 saturated heterocycles. The van der Waals surface area contributed by atoms with E-state index < -0.39 is 0 Å². The Balaban J connectivity index is 2.27. The van der Waals surface area contributed by atoms with Crippen molar-refractivity contribution in [3.63, 3.8) is 0 Å². The average molecular weight is 345 g/mol. The molecule has 0 saturated carbocycles. The number of halogens is 2. The van der Waals surface area contributed by atoms with Crippen LogP contribution in [0, 0.1) is 0 Å². The van der Waals surface area contributed by atoms with E-state index in [-0.39, 0.29) is 5.91 Å². The molecule has 1 aromatic heterocycles. The molecule has 0 spiro atoms. The van der Waals surface area contributed by atoms with Gasteiger partial charge >= 0.3 is 0 Å². The number of carbonyl (C=O) groups excluding carboxylic acids is 1. The van der Waals surface area contributed by atoms with Gasteiger partial charge in [-0.1, -0.05) is 15.9 Å². The van der Waals surface area contributed by atoms with E-state index in [9.17, 15) is 4.79 Å². The third kappa shape index (κ3) is 3.28. The molecule has 19 heavy (non-hydrogen) atoms. The number of amides is 1. The van der Waals surface area contributed by atoms with Crippen LogP contribution < -0.4 is 5.32 Å². The van der Waals surface area contributed by atoms with Crippen LogP contribution in [-0.4, -0.2) is 22.0 Å². The number of imidazole rings is 1. The Morgan fingerprint density at radius 2 is 2.32 bits per heavy atom. The van der Waals surface area contributed by atoms with Gasteiger partial charge in [0.25, 0.3) is 0 Å². The van der Waals surface area contributed by atoms with Crippen molar-refractivity contribution in [3.05, 3.63) is 28.5 Å². The third-order valence-corrected chi connectivity index (χ3v) is 3.58. The van der Waals surface area contributed by atoms with E-state index in [0.29, 0.717) is 25.4 Å². The Kier molecular flexibility index (Phi) is 4.82. The highest BCUT2D eigenvalue weighted by Gasteiger charge is 2.11. The molecule has 0 aliphatic rings. The van der Waals surface area contributed by atoms with E-state index in [1.54, 1.807) is 0 Å². The number of aryl methyl sites for hydroxylation is 1. The summed E-state index contributed by atoms with van der Waals surface area (Å²) >= 11 is 9.35. The van der Waals surface area contributed by atoms with Crippen molar-refractivity contribution in [1.29, 1.82) is 0 Å². The fourth-order valence-corrected chi connectivity index (χ4v) is 2.56. The quantitative estimate of drug-likeness (QED) is 0.847. The Morgan fingerprint density at radius 3 is 3.00 bits per heavy atom. The van der Waals surface area contributed by atoms with Gasteiger partial charge in [0.1, 0.15) is 5.82 Å². The molecule has 0 bridgehead atoms. The Bertz CT molecular complexity index is 597. The fourth-order valence-electron chi connectivity index (χ4n) is 2.00. The van der Waals surface area contributed by atoms with Gasteiger partial charge in [-0.3, -0.25) is 4.79 Å². The number of rotatable bonds is 5. The molecule has 0 unspecified atom stereocenters. The molecular formula is C13H15BrClN3O. The molecule has 1 aromatic carbocycles. The van der Waals surface area contributed by atoms with Gasteiger partial charge in [0.15, 0.2) is 0 Å². The van der Waals surface area contributed by atoms with Crippen LogP contribution in [0.4, 0.5) is 0 Å². The topological polar surface area (TPSA) is 46.9 Å². The van der Waals surface area contributed by atoms with Crippen LogP contribution in [0.5, 0.6) is 0 Å². The van der Waals surface area contributed by atoms with Crippen molar-refractivity contribution in [2.45, 2.75) is 25.8 Å². The zero-order valence-corrected chi connectivity index (χ0v) is 13.0. The van der Waals surface area contributed by atoms with Crippen molar-refractivity contribution < 1.29 is 4.79 Å². The summed E-state index contributed by atoms with van der Waals surface area (Å²) in [5, 5.41) is 2.79. The van der Waals surface area contributed by atoms with Crippen molar-refractivity contribution in [3.8, 4) is 0 Å². The molecule has 6 heteroatoms. The molecule has 0 aliphatic heterocycles.